The van der Waals surface area contributed by atoms with Crippen LogP contribution in [0.1, 0.15) is 125 Å². The van der Waals surface area contributed by atoms with Crippen LogP contribution in [0.2, 0.25) is 10.0 Å². The van der Waals surface area contributed by atoms with Gasteiger partial charge in [-0.25, -0.2) is 4.79 Å². The number of phenols is 3. The Morgan fingerprint density at radius 2 is 1.22 bits per heavy atom. The number of aliphatic carboxylic acids is 1. The summed E-state index contributed by atoms with van der Waals surface area (Å²) >= 11 is 14.5. The highest BCUT2D eigenvalue weighted by molar-refractivity contribution is 6.32. The highest BCUT2D eigenvalue weighted by Gasteiger charge is 2.52. The van der Waals surface area contributed by atoms with E-state index in [9.17, 15) is 65.4 Å². The van der Waals surface area contributed by atoms with E-state index < -0.39 is 261 Å². The van der Waals surface area contributed by atoms with Gasteiger partial charge >= 0.3 is 5.97 Å². The molecule has 0 radical (unpaired) electrons. The van der Waals surface area contributed by atoms with Crippen molar-refractivity contribution in [3.05, 3.63) is 117 Å². The Balaban J connectivity index is 1.19. The lowest BCUT2D eigenvalue weighted by atomic mass is 9.86. The fourth-order valence-corrected chi connectivity index (χ4v) is 14.9. The van der Waals surface area contributed by atoms with Crippen molar-refractivity contribution >= 4 is 70.5 Å². The fraction of sp³-hybridized carbons (Fsp3) is 0.486. The Kier molecular flexibility index (Phi) is 24.9. The molecular formula is C74H90Cl2N10O26. The molecule has 112 heavy (non-hydrogen) atoms. The van der Waals surface area contributed by atoms with Gasteiger partial charge in [0.15, 0.2) is 36.2 Å². The van der Waals surface area contributed by atoms with E-state index in [-0.39, 0.29) is 52.6 Å². The van der Waals surface area contributed by atoms with Crippen LogP contribution in [0.3, 0.4) is 0 Å². The van der Waals surface area contributed by atoms with Crippen LogP contribution in [0.15, 0.2) is 78.9 Å². The van der Waals surface area contributed by atoms with E-state index in [4.69, 9.17) is 78.3 Å². The van der Waals surface area contributed by atoms with Gasteiger partial charge in [-0.05, 0) is 131 Å². The Labute approximate surface area is 650 Å². The maximum absolute atomic E-state index is 16.4. The molecule has 8 heterocycles. The van der Waals surface area contributed by atoms with Crippen molar-refractivity contribution in [1.29, 1.82) is 0 Å². The van der Waals surface area contributed by atoms with E-state index >= 15 is 24.0 Å². The molecular weight excluding hydrogens is 1520 g/mol. The third kappa shape index (κ3) is 17.7. The Bertz CT molecular complexity index is 4460. The van der Waals surface area contributed by atoms with Gasteiger partial charge in [0.05, 0.1) is 53.5 Å². The molecule has 7 amide bonds. The van der Waals surface area contributed by atoms with Crippen LogP contribution in [0.25, 0.3) is 11.1 Å². The molecule has 0 spiro atoms. The molecule has 22 unspecified atom stereocenters. The van der Waals surface area contributed by atoms with Gasteiger partial charge in [-0.1, -0.05) is 55.2 Å². The first-order chi connectivity index (χ1) is 52.6. The van der Waals surface area contributed by atoms with Crippen LogP contribution < -0.4 is 63.3 Å². The standard InChI is InChI=1S/C74H90Cl2N10O26/c1-27(2)15-40(86(7)8)66(98)84-55-57(92)31-10-13-43(37(75)17-31)107-45-19-33-20-46(61(45)112-72-62(59(94)58(93)47(26-87)109-72)111-50-25-74(6,79)64(96)29(4)106-50)108-44-14-11-32(18-38(44)76)60(110-49-24-73(5,78)63(95)28(3)105-49)56-70(102)83-54(71(103)104)36-21-34(88)22-42(90)51(36)35-16-30(9-12-41(35)89)52(67(99)85-56)82-68(100)53(33)81-65(97)39(23-48(77)91)80-69(55)101/h9-14,16-22,27-29,39-40,47,49-50,52-60,62-64,72,87-90,92-96H,15,23-26,78-79H2,1-8H3,(H2,77,91)(H,80,101)(H,81,97)(H,82,100)(H,83,102)(H,84,98)(H,85,99)(H,103,104). The van der Waals surface area contributed by atoms with Gasteiger partial charge in [0.1, 0.15) is 89.5 Å². The first-order valence-electron chi connectivity index (χ1n) is 35.7. The smallest absolute Gasteiger partial charge is 0.330 e. The molecule has 8 aliphatic rings. The number of aliphatic hydroxyl groups is 6. The average molecular weight is 1610 g/mol. The number of primary amides is 1. The van der Waals surface area contributed by atoms with Crippen molar-refractivity contribution in [3.8, 4) is 57.1 Å². The summed E-state index contributed by atoms with van der Waals surface area (Å²) in [5.74, 6) is -16.0. The van der Waals surface area contributed by atoms with Crippen molar-refractivity contribution in [3.63, 3.8) is 0 Å². The summed E-state index contributed by atoms with van der Waals surface area (Å²) in [6.07, 6.45) is -22.8. The number of hydrogen-bond donors (Lipinski definition) is 19. The predicted octanol–water partition coefficient (Wildman–Crippen LogP) is 0.686. The van der Waals surface area contributed by atoms with E-state index in [1.807, 2.05) is 13.8 Å². The minimum absolute atomic E-state index is 0.106. The number of nitrogens with two attached hydrogens (primary N) is 3. The summed E-state index contributed by atoms with van der Waals surface area (Å²) in [4.78, 5) is 122. The molecule has 3 fully saturated rings. The van der Waals surface area contributed by atoms with Crippen molar-refractivity contribution < 1.29 is 127 Å². The van der Waals surface area contributed by atoms with Crippen molar-refractivity contribution in [2.75, 3.05) is 20.7 Å². The number of likely N-dealkylation sites (N-methyl/N-ethyl adjacent to an activating group) is 1. The number of carbonyl (C=O) groups excluding carboxylic acids is 7. The van der Waals surface area contributed by atoms with E-state index in [0.717, 1.165) is 48.5 Å². The summed E-state index contributed by atoms with van der Waals surface area (Å²) in [6.45, 7) is 8.62. The Morgan fingerprint density at radius 3 is 1.79 bits per heavy atom. The highest BCUT2D eigenvalue weighted by atomic mass is 35.5. The van der Waals surface area contributed by atoms with Crippen LogP contribution >= 0.6 is 23.2 Å². The van der Waals surface area contributed by atoms with Gasteiger partial charge in [-0.3, -0.25) is 38.5 Å². The quantitative estimate of drug-likeness (QED) is 0.0685. The van der Waals surface area contributed by atoms with Crippen molar-refractivity contribution in [1.82, 2.24) is 36.8 Å². The van der Waals surface area contributed by atoms with E-state index in [1.54, 1.807) is 19.0 Å². The number of halogens is 2. The molecule has 606 valence electrons. The molecule has 36 nitrogen and oxygen atoms in total. The number of amides is 7. The highest BCUT2D eigenvalue weighted by Crippen LogP contribution is 2.50. The Hall–Kier alpha value is -9.32. The van der Waals surface area contributed by atoms with Gasteiger partial charge in [0, 0.05) is 46.7 Å². The summed E-state index contributed by atoms with van der Waals surface area (Å²) in [5.41, 5.74) is 13.3. The third-order valence-electron chi connectivity index (χ3n) is 20.4. The van der Waals surface area contributed by atoms with Gasteiger partial charge in [-0.2, -0.15) is 0 Å². The van der Waals surface area contributed by atoms with Crippen LogP contribution in [-0.2, 0) is 62.0 Å². The second-order valence-corrected chi connectivity index (χ2v) is 30.7. The van der Waals surface area contributed by atoms with E-state index in [2.05, 4.69) is 31.9 Å². The number of nitrogens with zero attached hydrogens (tertiary/aromatic N) is 1. The normalized spacial score (nSPS) is 31.9. The lowest BCUT2D eigenvalue weighted by Gasteiger charge is -2.47. The van der Waals surface area contributed by atoms with Crippen LogP contribution in [0, 0.1) is 5.92 Å². The van der Waals surface area contributed by atoms with Gasteiger partial charge < -0.3 is 138 Å². The molecule has 8 aliphatic heterocycles. The number of aliphatic hydroxyl groups excluding tert-OH is 6. The van der Waals surface area contributed by atoms with Crippen molar-refractivity contribution in [2.24, 2.45) is 23.1 Å². The number of hydrogen-bond acceptors (Lipinski definition) is 28. The second kappa shape index (κ2) is 33.4. The molecule has 5 aromatic carbocycles. The van der Waals surface area contributed by atoms with Crippen LogP contribution in [-0.4, -0.2) is 227 Å². The molecule has 38 heteroatoms. The zero-order chi connectivity index (χ0) is 81.8. The molecule has 3 saturated heterocycles. The monoisotopic (exact) mass is 1600 g/mol. The molecule has 22 N–H and O–H groups in total. The molecule has 0 saturated carbocycles. The maximum Gasteiger partial charge on any atom is 0.330 e. The molecule has 11 bridgehead atoms. The molecule has 13 rings (SSSR count). The minimum atomic E-state index is -2.38. The summed E-state index contributed by atoms with van der Waals surface area (Å²) in [5, 5.41) is 129. The van der Waals surface area contributed by atoms with Gasteiger partial charge in [0.25, 0.3) is 0 Å². The maximum atomic E-state index is 16.4. The number of carbonyl (C=O) groups is 8. The average Bonchev–Trinajstić information content (AvgIpc) is 0.766. The molecule has 0 aromatic heterocycles. The predicted molar refractivity (Wildman–Crippen MR) is 390 cm³/mol. The lowest BCUT2D eigenvalue weighted by Crippen LogP contribution is -2.64. The molecule has 0 aliphatic carbocycles. The summed E-state index contributed by atoms with van der Waals surface area (Å²) in [6, 6.07) is -0.361. The van der Waals surface area contributed by atoms with Crippen molar-refractivity contribution in [2.45, 2.75) is 201 Å². The Morgan fingerprint density at radius 1 is 0.661 bits per heavy atom. The van der Waals surface area contributed by atoms with E-state index in [1.165, 1.54) is 58.0 Å². The number of ether oxygens (including phenoxy) is 8. The number of benzene rings is 5. The fourth-order valence-electron chi connectivity index (χ4n) is 14.4. The number of fused-ring (bicyclic) bond motifs is 15. The van der Waals surface area contributed by atoms with E-state index in [0.29, 0.717) is 0 Å². The van der Waals surface area contributed by atoms with Gasteiger partial charge in [0.2, 0.25) is 53.4 Å². The molecule has 5 aromatic rings. The molecule has 22 atom stereocenters. The summed E-state index contributed by atoms with van der Waals surface area (Å²) in [7, 11) is 3.19. The second-order valence-electron chi connectivity index (χ2n) is 29.9. The lowest BCUT2D eigenvalue weighted by molar-refractivity contribution is -0.333. The zero-order valence-corrected chi connectivity index (χ0v) is 63.1. The first-order valence-corrected chi connectivity index (χ1v) is 36.4. The number of aromatic hydroxyl groups is 3. The third-order valence-corrected chi connectivity index (χ3v) is 21.0. The number of rotatable bonds is 15. The minimum Gasteiger partial charge on any atom is -0.508 e. The number of carboxylic acid groups (broad SMARTS) is 1. The zero-order valence-electron chi connectivity index (χ0n) is 61.6. The van der Waals surface area contributed by atoms with Gasteiger partial charge in [-0.15, -0.1) is 0 Å². The number of phenolic OH excluding ortho intramolecular Hbond substituents is 3. The number of carboxylic acids is 1. The van der Waals surface area contributed by atoms with Crippen LogP contribution in [0.5, 0.6) is 46.0 Å². The topological polar surface area (TPSA) is 566 Å². The largest absolute Gasteiger partial charge is 0.508 e. The summed E-state index contributed by atoms with van der Waals surface area (Å²) < 4.78 is 51.7. The first kappa shape index (κ1) is 83.6. The number of nitrogens with one attached hydrogen (secondary N) is 6. The SMILES string of the molecule is CC(C)CC(C(=O)NC1C(=O)NC(CC(N)=O)C(=O)NC2C(=O)NC3C(=O)NC(C(=O)NC(C(=O)O)c4cc(O)cc(O)c4-c4cc3ccc4O)C(OC3CC(C)(N)C(O)C(C)O3)c3ccc(c(Cl)c3)Oc3cc2cc(c3OC2OC(CO)C(O)C(O)C2OC2CC(C)(N)C(O)C(C)O2)Oc2ccc(cc2Cl)C1O)N(C)C. The van der Waals surface area contributed by atoms with Crippen LogP contribution in [0.4, 0.5) is 0 Å².